The van der Waals surface area contributed by atoms with Gasteiger partial charge in [-0.05, 0) is 19.3 Å². The number of carboxylic acid groups (broad SMARTS) is 2. The Balaban J connectivity index is 2.23. The molecule has 0 radical (unpaired) electrons. The van der Waals surface area contributed by atoms with Crippen LogP contribution in [0.3, 0.4) is 0 Å². The topological polar surface area (TPSA) is 393 Å². The molecule has 0 bridgehead atoms. The maximum Gasteiger partial charge on any atom is 0.396 e. The Bertz CT molecular complexity index is 1280. The SMILES string of the molecule is CC(=O)N[C@H]([C@@H](O)[C@@H](O)CO)[C@H]1CC[C@H](C(=O)O)[C@H]1OC(=O)NBNC(=O)O[C@H]1[C@@H]([C@H](NC(C)=O)[C@@H](O)[C@@H](O)CO)[C@H](NC(=N)N)C[C@@H]1C(=O)O. The van der Waals surface area contributed by atoms with Crippen LogP contribution in [0.5, 0.6) is 0 Å². The molecule has 51 heavy (non-hydrogen) atoms. The summed E-state index contributed by atoms with van der Waals surface area (Å²) in [5.41, 5.74) is 5.45. The van der Waals surface area contributed by atoms with Crippen molar-refractivity contribution in [2.45, 2.75) is 87.9 Å². The molecule has 288 valence electrons. The Kier molecular flexibility index (Phi) is 16.1. The number of ether oxygens (including phenoxy) is 2. The summed E-state index contributed by atoms with van der Waals surface area (Å²) < 4.78 is 10.7. The van der Waals surface area contributed by atoms with Crippen molar-refractivity contribution in [2.75, 3.05) is 13.2 Å². The number of rotatable bonds is 17. The quantitative estimate of drug-likeness (QED) is 0.0375. The van der Waals surface area contributed by atoms with Crippen molar-refractivity contribution >= 4 is 49.4 Å². The van der Waals surface area contributed by atoms with Gasteiger partial charge in [0.2, 0.25) is 11.8 Å². The van der Waals surface area contributed by atoms with Crippen molar-refractivity contribution in [3.63, 3.8) is 0 Å². The first-order chi connectivity index (χ1) is 23.8. The van der Waals surface area contributed by atoms with E-state index in [9.17, 15) is 69.6 Å². The van der Waals surface area contributed by atoms with Crippen LogP contribution in [0, 0.1) is 29.1 Å². The lowest BCUT2D eigenvalue weighted by Gasteiger charge is -2.37. The minimum atomic E-state index is -1.93. The summed E-state index contributed by atoms with van der Waals surface area (Å²) in [7, 11) is -0.751. The van der Waals surface area contributed by atoms with Crippen LogP contribution in [0.1, 0.15) is 33.1 Å². The van der Waals surface area contributed by atoms with Gasteiger partial charge in [0.15, 0.2) is 5.96 Å². The molecule has 24 heteroatoms. The van der Waals surface area contributed by atoms with Gasteiger partial charge in [0.1, 0.15) is 36.6 Å². The molecule has 4 amide bonds. The number of hydrogen-bond donors (Lipinski definition) is 15. The van der Waals surface area contributed by atoms with Gasteiger partial charge < -0.3 is 82.5 Å². The summed E-state index contributed by atoms with van der Waals surface area (Å²) in [5, 5.41) is 98.8. The van der Waals surface area contributed by atoms with Gasteiger partial charge >= 0.3 is 31.7 Å². The molecule has 0 aliphatic heterocycles. The molecule has 13 atom stereocenters. The molecule has 0 aromatic rings. The fraction of sp³-hybridized carbons (Fsp3) is 0.741. The lowest BCUT2D eigenvalue weighted by atomic mass is 9.85. The van der Waals surface area contributed by atoms with Gasteiger partial charge in [0, 0.05) is 31.7 Å². The maximum atomic E-state index is 12.9. The summed E-state index contributed by atoms with van der Waals surface area (Å²) in [6, 6.07) is -4.04. The normalized spacial score (nSPS) is 27.6. The average molecular weight is 736 g/mol. The molecule has 0 aromatic heterocycles. The molecule has 16 N–H and O–H groups in total. The number of carbonyl (C=O) groups is 6. The second kappa shape index (κ2) is 19.2. The van der Waals surface area contributed by atoms with E-state index in [4.69, 9.17) is 20.6 Å². The van der Waals surface area contributed by atoms with Crippen LogP contribution in [0.25, 0.3) is 0 Å². The number of amides is 4. The second-order valence-corrected chi connectivity index (χ2v) is 12.3. The number of aliphatic hydroxyl groups is 6. The molecule has 2 aliphatic carbocycles. The first kappa shape index (κ1) is 42.7. The van der Waals surface area contributed by atoms with E-state index in [1.165, 1.54) is 0 Å². The third-order valence-electron chi connectivity index (χ3n) is 8.82. The van der Waals surface area contributed by atoms with Crippen molar-refractivity contribution in [3.8, 4) is 0 Å². The molecule has 2 aliphatic rings. The Morgan fingerprint density at radius 3 is 1.71 bits per heavy atom. The van der Waals surface area contributed by atoms with Gasteiger partial charge in [-0.2, -0.15) is 0 Å². The number of nitrogens with two attached hydrogens (primary N) is 1. The summed E-state index contributed by atoms with van der Waals surface area (Å²) >= 11 is 0. The summed E-state index contributed by atoms with van der Waals surface area (Å²) in [5.74, 6) is -10.2. The van der Waals surface area contributed by atoms with Gasteiger partial charge in [0.05, 0.1) is 37.1 Å². The van der Waals surface area contributed by atoms with Gasteiger partial charge in [0.25, 0.3) is 0 Å². The third-order valence-corrected chi connectivity index (χ3v) is 8.82. The smallest absolute Gasteiger partial charge is 0.396 e. The zero-order valence-corrected chi connectivity index (χ0v) is 27.7. The van der Waals surface area contributed by atoms with Gasteiger partial charge in [-0.15, -0.1) is 0 Å². The van der Waals surface area contributed by atoms with Gasteiger partial charge in [-0.3, -0.25) is 24.6 Å². The van der Waals surface area contributed by atoms with Crippen LogP contribution in [-0.2, 0) is 28.7 Å². The number of aliphatic carboxylic acids is 2. The number of carbonyl (C=O) groups excluding carboxylic acids is 4. The Hall–Kier alpha value is -4.49. The van der Waals surface area contributed by atoms with Crippen molar-refractivity contribution < 1.29 is 79.1 Å². The zero-order chi connectivity index (χ0) is 38.7. The predicted octanol–water partition coefficient (Wildman–Crippen LogP) is -6.44. The fourth-order valence-corrected chi connectivity index (χ4v) is 6.63. The second-order valence-electron chi connectivity index (χ2n) is 12.3. The van der Waals surface area contributed by atoms with Crippen molar-refractivity contribution in [2.24, 2.45) is 29.4 Å². The van der Waals surface area contributed by atoms with E-state index >= 15 is 0 Å². The van der Waals surface area contributed by atoms with Gasteiger partial charge in [-0.25, -0.2) is 9.59 Å². The molecule has 0 heterocycles. The molecular formula is C27H46BN7O16. The van der Waals surface area contributed by atoms with Crippen LogP contribution in [0.4, 0.5) is 9.59 Å². The zero-order valence-electron chi connectivity index (χ0n) is 27.7. The molecule has 0 spiro atoms. The van der Waals surface area contributed by atoms with Crippen LogP contribution in [-0.4, -0.2) is 158 Å². The number of nitrogens with one attached hydrogen (secondary N) is 6. The number of hydrogen-bond acceptors (Lipinski definition) is 15. The van der Waals surface area contributed by atoms with E-state index in [2.05, 4.69) is 26.4 Å². The van der Waals surface area contributed by atoms with Crippen LogP contribution in [0.2, 0.25) is 0 Å². The molecule has 2 saturated carbocycles. The lowest BCUT2D eigenvalue weighted by molar-refractivity contribution is -0.147. The van der Waals surface area contributed by atoms with E-state index in [-0.39, 0.29) is 19.3 Å². The van der Waals surface area contributed by atoms with Crippen LogP contribution in [0.15, 0.2) is 0 Å². The summed E-state index contributed by atoms with van der Waals surface area (Å²) in [6.07, 6.45) is -13.4. The highest BCUT2D eigenvalue weighted by atomic mass is 16.6. The van der Waals surface area contributed by atoms with Crippen molar-refractivity contribution in [1.82, 2.24) is 26.4 Å². The third kappa shape index (κ3) is 11.5. The monoisotopic (exact) mass is 735 g/mol. The van der Waals surface area contributed by atoms with Crippen LogP contribution >= 0.6 is 0 Å². The van der Waals surface area contributed by atoms with Crippen molar-refractivity contribution in [1.29, 1.82) is 5.41 Å². The Morgan fingerprint density at radius 1 is 0.784 bits per heavy atom. The summed E-state index contributed by atoms with van der Waals surface area (Å²) in [6.45, 7) is 0.262. The molecule has 0 aromatic carbocycles. The molecule has 2 rings (SSSR count). The first-order valence-corrected chi connectivity index (χ1v) is 15.8. The van der Waals surface area contributed by atoms with E-state index in [1.807, 2.05) is 0 Å². The number of aliphatic hydroxyl groups excluding tert-OH is 6. The standard InChI is InChI=1S/C27H46BN7O16/c1-8(38)31-17(19(42)14(40)6-36)10-3-4-11(23(44)45)21(10)50-26(48)34-28-35-27(49)51-22-12(24(46)47)5-13(33-25(29)30)16(22)18(32-9(2)39)20(43)15(41)7-37/h10-22,28,36-37,40-43H,3-7H2,1-2H3,(H,31,38)(H,32,39)(H,34,48)(H,35,49)(H,44,45)(H,46,47)(H4,29,30,33)/t10-,11+,12+,13-,14+,15+,16-,17+,18+,19+,20+,21+,22-/m1/s1. The molecule has 0 saturated heterocycles. The summed E-state index contributed by atoms with van der Waals surface area (Å²) in [4.78, 5) is 73.7. The van der Waals surface area contributed by atoms with Crippen LogP contribution < -0.4 is 32.1 Å². The largest absolute Gasteiger partial charge is 0.481 e. The highest BCUT2D eigenvalue weighted by Gasteiger charge is 2.55. The highest BCUT2D eigenvalue weighted by Crippen LogP contribution is 2.39. The average Bonchev–Trinajstić information content (AvgIpc) is 3.61. The molecule has 0 unspecified atom stereocenters. The maximum absolute atomic E-state index is 12.9. The predicted molar refractivity (Wildman–Crippen MR) is 169 cm³/mol. The Labute approximate surface area is 291 Å². The van der Waals surface area contributed by atoms with Crippen molar-refractivity contribution in [3.05, 3.63) is 0 Å². The number of carboxylic acids is 2. The minimum absolute atomic E-state index is 0.00985. The van der Waals surface area contributed by atoms with E-state index in [0.717, 1.165) is 13.8 Å². The molecular weight excluding hydrogens is 689 g/mol. The fourth-order valence-electron chi connectivity index (χ4n) is 6.63. The molecule has 2 fully saturated rings. The van der Waals surface area contributed by atoms with E-state index < -0.39 is 141 Å². The van der Waals surface area contributed by atoms with E-state index in [0.29, 0.717) is 0 Å². The first-order valence-electron chi connectivity index (χ1n) is 15.8. The lowest BCUT2D eigenvalue weighted by Crippen LogP contribution is -2.60. The van der Waals surface area contributed by atoms with Gasteiger partial charge in [-0.1, -0.05) is 0 Å². The van der Waals surface area contributed by atoms with E-state index in [1.54, 1.807) is 0 Å². The minimum Gasteiger partial charge on any atom is -0.481 e. The Morgan fingerprint density at radius 2 is 1.25 bits per heavy atom. The highest BCUT2D eigenvalue weighted by molar-refractivity contribution is 6.37. The number of guanidine groups is 1. The molecule has 23 nitrogen and oxygen atoms in total.